The number of aryl methyl sites for hydroxylation is 1. The van der Waals surface area contributed by atoms with Crippen LogP contribution in [-0.4, -0.2) is 10.5 Å². The fourth-order valence-corrected chi connectivity index (χ4v) is 2.95. The van der Waals surface area contributed by atoms with Crippen molar-refractivity contribution in [3.05, 3.63) is 44.9 Å². The Labute approximate surface area is 135 Å². The Bertz CT molecular complexity index is 605. The first-order valence-corrected chi connectivity index (χ1v) is 8.09. The molecule has 0 amide bonds. The van der Waals surface area contributed by atoms with Crippen LogP contribution in [0.2, 0.25) is 5.02 Å². The molecule has 0 unspecified atom stereocenters. The minimum atomic E-state index is 0.126. The standard InChI is InChI=1S/C16H21ClN2OS/c1-11-12(5-15(21-11)9-19-16(2,3)4)10-20-14-6-13(17)7-18-8-14/h5-8,19H,9-10H2,1-4H3. The number of hydrogen-bond donors (Lipinski definition) is 1. The van der Waals surface area contributed by atoms with Crippen LogP contribution in [0.25, 0.3) is 0 Å². The van der Waals surface area contributed by atoms with Crippen molar-refractivity contribution >= 4 is 22.9 Å². The number of thiophene rings is 1. The molecule has 114 valence electrons. The zero-order chi connectivity index (χ0) is 15.5. The largest absolute Gasteiger partial charge is 0.487 e. The highest BCUT2D eigenvalue weighted by Gasteiger charge is 2.11. The molecule has 0 bridgehead atoms. The van der Waals surface area contributed by atoms with Gasteiger partial charge < -0.3 is 10.1 Å². The summed E-state index contributed by atoms with van der Waals surface area (Å²) in [6.45, 7) is 10.1. The number of pyridine rings is 1. The molecule has 0 atom stereocenters. The molecule has 5 heteroatoms. The van der Waals surface area contributed by atoms with Crippen LogP contribution in [0.3, 0.4) is 0 Å². The van der Waals surface area contributed by atoms with Crippen molar-refractivity contribution in [2.75, 3.05) is 0 Å². The van der Waals surface area contributed by atoms with Crippen LogP contribution < -0.4 is 10.1 Å². The van der Waals surface area contributed by atoms with Crippen molar-refractivity contribution in [3.8, 4) is 5.75 Å². The maximum absolute atomic E-state index is 5.90. The van der Waals surface area contributed by atoms with Gasteiger partial charge in [-0.25, -0.2) is 0 Å². The van der Waals surface area contributed by atoms with Gasteiger partial charge in [-0.3, -0.25) is 4.98 Å². The molecule has 2 aromatic heterocycles. The zero-order valence-corrected chi connectivity index (χ0v) is 14.4. The van der Waals surface area contributed by atoms with Gasteiger partial charge in [0.05, 0.1) is 11.2 Å². The average molecular weight is 325 g/mol. The maximum atomic E-state index is 5.90. The van der Waals surface area contributed by atoms with Gasteiger partial charge in [0.2, 0.25) is 0 Å². The van der Waals surface area contributed by atoms with Gasteiger partial charge in [-0.15, -0.1) is 11.3 Å². The van der Waals surface area contributed by atoms with Crippen molar-refractivity contribution in [2.24, 2.45) is 0 Å². The van der Waals surface area contributed by atoms with Gasteiger partial charge in [-0.1, -0.05) is 11.6 Å². The highest BCUT2D eigenvalue weighted by atomic mass is 35.5. The topological polar surface area (TPSA) is 34.1 Å². The van der Waals surface area contributed by atoms with E-state index in [4.69, 9.17) is 16.3 Å². The van der Waals surface area contributed by atoms with Crippen molar-refractivity contribution in [1.82, 2.24) is 10.3 Å². The van der Waals surface area contributed by atoms with Crippen LogP contribution in [-0.2, 0) is 13.2 Å². The van der Waals surface area contributed by atoms with Crippen molar-refractivity contribution in [2.45, 2.75) is 46.4 Å². The highest BCUT2D eigenvalue weighted by molar-refractivity contribution is 7.12. The lowest BCUT2D eigenvalue weighted by Gasteiger charge is -2.19. The first-order valence-electron chi connectivity index (χ1n) is 6.90. The van der Waals surface area contributed by atoms with E-state index in [1.807, 2.05) is 11.3 Å². The van der Waals surface area contributed by atoms with Crippen LogP contribution >= 0.6 is 22.9 Å². The molecule has 0 aliphatic rings. The summed E-state index contributed by atoms with van der Waals surface area (Å²) in [5.74, 6) is 0.697. The third-order valence-electron chi connectivity index (χ3n) is 2.94. The molecule has 0 saturated carbocycles. The summed E-state index contributed by atoms with van der Waals surface area (Å²) in [4.78, 5) is 6.63. The molecule has 0 saturated heterocycles. The molecule has 2 aromatic rings. The second kappa shape index (κ2) is 6.77. The van der Waals surface area contributed by atoms with E-state index >= 15 is 0 Å². The number of ether oxygens (including phenoxy) is 1. The van der Waals surface area contributed by atoms with Crippen LogP contribution in [0.5, 0.6) is 5.75 Å². The Morgan fingerprint density at radius 2 is 2.05 bits per heavy atom. The molecule has 3 nitrogen and oxygen atoms in total. The van der Waals surface area contributed by atoms with Gasteiger partial charge in [0.1, 0.15) is 12.4 Å². The third-order valence-corrected chi connectivity index (χ3v) is 4.24. The van der Waals surface area contributed by atoms with Crippen molar-refractivity contribution in [3.63, 3.8) is 0 Å². The SMILES string of the molecule is Cc1sc(CNC(C)(C)C)cc1COc1cncc(Cl)c1. The van der Waals surface area contributed by atoms with Crippen molar-refractivity contribution in [1.29, 1.82) is 0 Å². The van der Waals surface area contributed by atoms with Gasteiger partial charge in [-0.05, 0) is 33.8 Å². The number of aromatic nitrogens is 1. The number of halogens is 1. The van der Waals surface area contributed by atoms with Gasteiger partial charge >= 0.3 is 0 Å². The summed E-state index contributed by atoms with van der Waals surface area (Å²) in [5, 5.41) is 4.09. The van der Waals surface area contributed by atoms with Gasteiger partial charge in [0.25, 0.3) is 0 Å². The minimum absolute atomic E-state index is 0.126. The molecule has 0 aromatic carbocycles. The summed E-state index contributed by atoms with van der Waals surface area (Å²) >= 11 is 7.71. The van der Waals surface area contributed by atoms with E-state index in [2.05, 4.69) is 44.1 Å². The Balaban J connectivity index is 1.96. The van der Waals surface area contributed by atoms with E-state index in [1.165, 1.54) is 15.3 Å². The highest BCUT2D eigenvalue weighted by Crippen LogP contribution is 2.24. The predicted molar refractivity (Wildman–Crippen MR) is 89.2 cm³/mol. The number of nitrogens with zero attached hydrogens (tertiary/aromatic N) is 1. The van der Waals surface area contributed by atoms with E-state index in [0.717, 1.165) is 6.54 Å². The van der Waals surface area contributed by atoms with E-state index in [9.17, 15) is 0 Å². The Kier molecular flexibility index (Phi) is 5.25. The molecule has 1 N–H and O–H groups in total. The second-order valence-electron chi connectivity index (χ2n) is 6.03. The minimum Gasteiger partial charge on any atom is -0.487 e. The maximum Gasteiger partial charge on any atom is 0.139 e. The Morgan fingerprint density at radius 3 is 2.71 bits per heavy atom. The fourth-order valence-electron chi connectivity index (χ4n) is 1.80. The molecule has 0 aliphatic carbocycles. The number of rotatable bonds is 5. The van der Waals surface area contributed by atoms with Gasteiger partial charge in [-0.2, -0.15) is 0 Å². The Hall–Kier alpha value is -1.10. The molecular formula is C16H21ClN2OS. The Morgan fingerprint density at radius 1 is 1.29 bits per heavy atom. The van der Waals surface area contributed by atoms with Crippen LogP contribution in [0.4, 0.5) is 0 Å². The van der Waals surface area contributed by atoms with E-state index < -0.39 is 0 Å². The van der Waals surface area contributed by atoms with Crippen molar-refractivity contribution < 1.29 is 4.74 Å². The predicted octanol–water partition coefficient (Wildman–Crippen LogP) is 4.57. The smallest absolute Gasteiger partial charge is 0.139 e. The molecule has 2 rings (SSSR count). The monoisotopic (exact) mass is 324 g/mol. The summed E-state index contributed by atoms with van der Waals surface area (Å²) in [6, 6.07) is 3.98. The average Bonchev–Trinajstić information content (AvgIpc) is 2.74. The van der Waals surface area contributed by atoms with E-state index in [1.54, 1.807) is 18.5 Å². The lowest BCUT2D eigenvalue weighted by molar-refractivity contribution is 0.304. The normalized spacial score (nSPS) is 11.7. The molecule has 2 heterocycles. The molecule has 0 spiro atoms. The molecule has 0 radical (unpaired) electrons. The quantitative estimate of drug-likeness (QED) is 0.874. The molecule has 0 fully saturated rings. The zero-order valence-electron chi connectivity index (χ0n) is 12.9. The molecular weight excluding hydrogens is 304 g/mol. The second-order valence-corrected chi connectivity index (χ2v) is 7.80. The van der Waals surface area contributed by atoms with Gasteiger partial charge in [0.15, 0.2) is 0 Å². The number of hydrogen-bond acceptors (Lipinski definition) is 4. The van der Waals surface area contributed by atoms with E-state index in [0.29, 0.717) is 17.4 Å². The molecule has 21 heavy (non-hydrogen) atoms. The summed E-state index contributed by atoms with van der Waals surface area (Å²) < 4.78 is 5.75. The number of nitrogens with one attached hydrogen (secondary N) is 1. The lowest BCUT2D eigenvalue weighted by Crippen LogP contribution is -2.34. The summed E-state index contributed by atoms with van der Waals surface area (Å²) in [7, 11) is 0. The van der Waals surface area contributed by atoms with E-state index in [-0.39, 0.29) is 5.54 Å². The summed E-state index contributed by atoms with van der Waals surface area (Å²) in [6.07, 6.45) is 3.27. The first-order chi connectivity index (χ1) is 9.83. The van der Waals surface area contributed by atoms with Crippen LogP contribution in [0.1, 0.15) is 36.1 Å². The lowest BCUT2D eigenvalue weighted by atomic mass is 10.1. The fraction of sp³-hybridized carbons (Fsp3) is 0.438. The van der Waals surface area contributed by atoms with Crippen LogP contribution in [0.15, 0.2) is 24.5 Å². The first kappa shape index (κ1) is 16.3. The van der Waals surface area contributed by atoms with Crippen LogP contribution in [0, 0.1) is 6.92 Å². The third kappa shape index (κ3) is 5.30. The molecule has 0 aliphatic heterocycles. The van der Waals surface area contributed by atoms with Gasteiger partial charge in [0, 0.05) is 39.7 Å². The summed E-state index contributed by atoms with van der Waals surface area (Å²) in [5.41, 5.74) is 1.34.